The van der Waals surface area contributed by atoms with Gasteiger partial charge >= 0.3 is 0 Å². The molecule has 0 N–H and O–H groups in total. The van der Waals surface area contributed by atoms with E-state index in [1.807, 2.05) is 49.9 Å². The molecule has 26 heavy (non-hydrogen) atoms. The number of hydrogen-bond acceptors (Lipinski definition) is 5. The van der Waals surface area contributed by atoms with E-state index in [0.717, 1.165) is 24.9 Å². The number of amides is 1. The molecule has 0 radical (unpaired) electrons. The lowest BCUT2D eigenvalue weighted by Crippen LogP contribution is -2.46. The topological polar surface area (TPSA) is 83.0 Å². The first-order valence-electron chi connectivity index (χ1n) is 8.96. The number of rotatable bonds is 3. The quantitative estimate of drug-likeness (QED) is 0.843. The Balaban J connectivity index is 1.80. The van der Waals surface area contributed by atoms with E-state index in [2.05, 4.69) is 16.3 Å². The Hall–Kier alpha value is -2.68. The Morgan fingerprint density at radius 2 is 2.00 bits per heavy atom. The van der Waals surface area contributed by atoms with E-state index >= 15 is 0 Å². The van der Waals surface area contributed by atoms with Crippen molar-refractivity contribution in [3.8, 4) is 6.07 Å². The zero-order chi connectivity index (χ0) is 18.9. The second-order valence-corrected chi connectivity index (χ2v) is 7.46. The van der Waals surface area contributed by atoms with Crippen molar-refractivity contribution in [3.63, 3.8) is 0 Å². The lowest BCUT2D eigenvalue weighted by atomic mass is 9.85. The number of likely N-dealkylation sites (tertiary alicyclic amines) is 1. The molecule has 1 amide bonds. The number of hydrogen-bond donors (Lipinski definition) is 0. The Bertz CT molecular complexity index is 832. The van der Waals surface area contributed by atoms with Crippen LogP contribution in [0.4, 0.5) is 0 Å². The van der Waals surface area contributed by atoms with E-state index in [9.17, 15) is 10.1 Å². The van der Waals surface area contributed by atoms with Gasteiger partial charge in [-0.2, -0.15) is 5.26 Å². The summed E-state index contributed by atoms with van der Waals surface area (Å²) in [4.78, 5) is 14.9. The maximum Gasteiger partial charge on any atom is 0.254 e. The van der Waals surface area contributed by atoms with Crippen molar-refractivity contribution < 1.29 is 9.21 Å². The average molecular weight is 352 g/mol. The molecule has 0 spiro atoms. The summed E-state index contributed by atoms with van der Waals surface area (Å²) in [5.74, 6) is 1.22. The second kappa shape index (κ2) is 6.91. The molecule has 6 nitrogen and oxygen atoms in total. The molecular weight excluding hydrogens is 328 g/mol. The summed E-state index contributed by atoms with van der Waals surface area (Å²) in [6.45, 7) is 8.27. The molecular formula is C20H24N4O2. The summed E-state index contributed by atoms with van der Waals surface area (Å²) >= 11 is 0. The third-order valence-electron chi connectivity index (χ3n) is 5.24. The van der Waals surface area contributed by atoms with E-state index in [1.54, 1.807) is 6.92 Å². The van der Waals surface area contributed by atoms with Gasteiger partial charge in [-0.15, -0.1) is 10.2 Å². The van der Waals surface area contributed by atoms with Gasteiger partial charge in [-0.05, 0) is 51.3 Å². The van der Waals surface area contributed by atoms with Crippen LogP contribution in [0, 0.1) is 18.3 Å². The van der Waals surface area contributed by atoms with Crippen molar-refractivity contribution in [3.05, 3.63) is 47.2 Å². The minimum absolute atomic E-state index is 0.000231. The van der Waals surface area contributed by atoms with Crippen LogP contribution in [0.3, 0.4) is 0 Å². The summed E-state index contributed by atoms with van der Waals surface area (Å²) in [5.41, 5.74) is 0.972. The SMILES string of the molecule is Cc1nnc([C@H]2CCCN(C(=O)c3ccc(C(C)(C)C#N)cc3)[C@H]2C)o1. The molecule has 3 rings (SSSR count). The van der Waals surface area contributed by atoms with E-state index in [1.165, 1.54) is 0 Å². The van der Waals surface area contributed by atoms with Crippen molar-refractivity contribution in [1.82, 2.24) is 15.1 Å². The molecule has 136 valence electrons. The van der Waals surface area contributed by atoms with Crippen molar-refractivity contribution in [2.45, 2.75) is 57.9 Å². The zero-order valence-electron chi connectivity index (χ0n) is 15.7. The van der Waals surface area contributed by atoms with Gasteiger partial charge in [0.1, 0.15) is 0 Å². The standard InChI is InChI=1S/C20H24N4O2/c1-13-17(18-23-22-14(2)26-18)6-5-11-24(13)19(25)15-7-9-16(10-8-15)20(3,4)12-21/h7-10,13,17H,5-6,11H2,1-4H3/t13-,17-/m0/s1. The highest BCUT2D eigenvalue weighted by Crippen LogP contribution is 2.33. The van der Waals surface area contributed by atoms with Gasteiger partial charge in [-0.3, -0.25) is 4.79 Å². The Labute approximate surface area is 153 Å². The number of piperidine rings is 1. The molecule has 1 fully saturated rings. The first-order chi connectivity index (χ1) is 12.3. The highest BCUT2D eigenvalue weighted by Gasteiger charge is 2.35. The predicted octanol–water partition coefficient (Wildman–Crippen LogP) is 3.59. The number of aryl methyl sites for hydroxylation is 1. The van der Waals surface area contributed by atoms with Crippen LogP contribution in [0.25, 0.3) is 0 Å². The van der Waals surface area contributed by atoms with Crippen LogP contribution in [-0.4, -0.2) is 33.6 Å². The molecule has 0 unspecified atom stereocenters. The van der Waals surface area contributed by atoms with Crippen LogP contribution in [0.1, 0.15) is 67.2 Å². The number of nitrogens with zero attached hydrogens (tertiary/aromatic N) is 4. The summed E-state index contributed by atoms with van der Waals surface area (Å²) in [7, 11) is 0. The molecule has 0 aliphatic carbocycles. The normalized spacial score (nSPS) is 20.7. The number of carbonyl (C=O) groups excluding carboxylic acids is 1. The maximum atomic E-state index is 13.0. The Kier molecular flexibility index (Phi) is 4.82. The summed E-state index contributed by atoms with van der Waals surface area (Å²) < 4.78 is 5.60. The molecule has 2 heterocycles. The number of carbonyl (C=O) groups is 1. The predicted molar refractivity (Wildman–Crippen MR) is 96.6 cm³/mol. The third kappa shape index (κ3) is 3.34. The first kappa shape index (κ1) is 18.1. The van der Waals surface area contributed by atoms with Gasteiger partial charge in [0.25, 0.3) is 5.91 Å². The van der Waals surface area contributed by atoms with Gasteiger partial charge in [-0.1, -0.05) is 12.1 Å². The average Bonchev–Trinajstić information content (AvgIpc) is 3.07. The van der Waals surface area contributed by atoms with Crippen molar-refractivity contribution in [2.75, 3.05) is 6.54 Å². The molecule has 6 heteroatoms. The number of nitriles is 1. The monoisotopic (exact) mass is 352 g/mol. The fourth-order valence-corrected chi connectivity index (χ4v) is 3.48. The van der Waals surface area contributed by atoms with Crippen LogP contribution < -0.4 is 0 Å². The molecule has 1 aromatic heterocycles. The van der Waals surface area contributed by atoms with Gasteiger partial charge in [-0.25, -0.2) is 0 Å². The van der Waals surface area contributed by atoms with Crippen LogP contribution in [0.2, 0.25) is 0 Å². The highest BCUT2D eigenvalue weighted by molar-refractivity contribution is 5.94. The smallest absolute Gasteiger partial charge is 0.254 e. The van der Waals surface area contributed by atoms with Crippen LogP contribution in [0.5, 0.6) is 0 Å². The van der Waals surface area contributed by atoms with E-state index in [0.29, 0.717) is 17.3 Å². The van der Waals surface area contributed by atoms with Crippen molar-refractivity contribution >= 4 is 5.91 Å². The lowest BCUT2D eigenvalue weighted by molar-refractivity contribution is 0.0582. The fraction of sp³-hybridized carbons (Fsp3) is 0.500. The summed E-state index contributed by atoms with van der Waals surface area (Å²) in [6, 6.07) is 9.62. The number of aromatic nitrogens is 2. The van der Waals surface area contributed by atoms with Crippen molar-refractivity contribution in [2.24, 2.45) is 0 Å². The zero-order valence-corrected chi connectivity index (χ0v) is 15.7. The van der Waals surface area contributed by atoms with Gasteiger partial charge in [0.15, 0.2) is 0 Å². The minimum atomic E-state index is -0.569. The molecule has 2 aromatic rings. The molecule has 1 aromatic carbocycles. The minimum Gasteiger partial charge on any atom is -0.425 e. The maximum absolute atomic E-state index is 13.0. The molecule has 1 aliphatic rings. The molecule has 0 saturated carbocycles. The highest BCUT2D eigenvalue weighted by atomic mass is 16.4. The largest absolute Gasteiger partial charge is 0.425 e. The summed E-state index contributed by atoms with van der Waals surface area (Å²) in [6.07, 6.45) is 1.84. The molecule has 1 aliphatic heterocycles. The first-order valence-corrected chi connectivity index (χ1v) is 8.96. The Morgan fingerprint density at radius 3 is 2.58 bits per heavy atom. The van der Waals surface area contributed by atoms with Crippen LogP contribution in [-0.2, 0) is 5.41 Å². The van der Waals surface area contributed by atoms with Crippen LogP contribution in [0.15, 0.2) is 28.7 Å². The number of benzene rings is 1. The van der Waals surface area contributed by atoms with E-state index in [-0.39, 0.29) is 17.9 Å². The van der Waals surface area contributed by atoms with E-state index < -0.39 is 5.41 Å². The second-order valence-electron chi connectivity index (χ2n) is 7.46. The van der Waals surface area contributed by atoms with Gasteiger partial charge in [0.05, 0.1) is 17.4 Å². The summed E-state index contributed by atoms with van der Waals surface area (Å²) in [5, 5.41) is 17.3. The third-order valence-corrected chi connectivity index (χ3v) is 5.24. The van der Waals surface area contributed by atoms with Crippen LogP contribution >= 0.6 is 0 Å². The molecule has 1 saturated heterocycles. The fourth-order valence-electron chi connectivity index (χ4n) is 3.48. The molecule has 2 atom stereocenters. The van der Waals surface area contributed by atoms with Crippen molar-refractivity contribution in [1.29, 1.82) is 5.26 Å². The van der Waals surface area contributed by atoms with E-state index in [4.69, 9.17) is 4.42 Å². The van der Waals surface area contributed by atoms with Gasteiger partial charge in [0.2, 0.25) is 11.8 Å². The molecule has 0 bridgehead atoms. The Morgan fingerprint density at radius 1 is 1.31 bits per heavy atom. The lowest BCUT2D eigenvalue weighted by Gasteiger charge is -2.38. The van der Waals surface area contributed by atoms with Gasteiger partial charge in [0, 0.05) is 25.1 Å². The van der Waals surface area contributed by atoms with Gasteiger partial charge < -0.3 is 9.32 Å².